The van der Waals surface area contributed by atoms with Crippen molar-refractivity contribution < 1.29 is 9.18 Å². The zero-order valence-corrected chi connectivity index (χ0v) is 15.1. The number of nitrogen functional groups attached to an aromatic ring is 1. The summed E-state index contributed by atoms with van der Waals surface area (Å²) in [6.07, 6.45) is 2.14. The van der Waals surface area contributed by atoms with E-state index in [2.05, 4.69) is 15.5 Å². The van der Waals surface area contributed by atoms with Crippen LogP contribution in [0, 0.1) is 11.7 Å². The predicted octanol–water partition coefficient (Wildman–Crippen LogP) is 2.94. The molecule has 1 fully saturated rings. The van der Waals surface area contributed by atoms with Crippen molar-refractivity contribution in [2.75, 3.05) is 11.5 Å². The van der Waals surface area contributed by atoms with Crippen molar-refractivity contribution in [1.29, 1.82) is 0 Å². The van der Waals surface area contributed by atoms with Gasteiger partial charge in [0.2, 0.25) is 11.9 Å². The topological polar surface area (TPSA) is 85.8 Å². The number of rotatable bonds is 7. The van der Waals surface area contributed by atoms with Gasteiger partial charge in [-0.1, -0.05) is 37.7 Å². The monoisotopic (exact) mass is 363 g/mol. The number of nitrogens with zero attached hydrogens (tertiary/aromatic N) is 3. The van der Waals surface area contributed by atoms with Gasteiger partial charge in [-0.3, -0.25) is 9.36 Å². The van der Waals surface area contributed by atoms with Gasteiger partial charge in [0.05, 0.1) is 11.8 Å². The van der Waals surface area contributed by atoms with E-state index in [1.54, 1.807) is 12.1 Å². The number of carbonyl (C=O) groups is 1. The maximum atomic E-state index is 13.1. The Labute approximate surface area is 150 Å². The number of halogens is 1. The number of aromatic nitrogens is 3. The van der Waals surface area contributed by atoms with E-state index in [1.165, 1.54) is 23.9 Å². The van der Waals surface area contributed by atoms with Crippen LogP contribution in [0.15, 0.2) is 29.4 Å². The second-order valence-corrected chi connectivity index (χ2v) is 7.51. The van der Waals surface area contributed by atoms with E-state index in [0.29, 0.717) is 17.1 Å². The molecule has 0 unspecified atom stereocenters. The third-order valence-corrected chi connectivity index (χ3v) is 5.09. The Bertz CT molecular complexity index is 742. The van der Waals surface area contributed by atoms with Crippen LogP contribution in [0.3, 0.4) is 0 Å². The van der Waals surface area contributed by atoms with E-state index in [1.807, 2.05) is 18.4 Å². The van der Waals surface area contributed by atoms with Crippen LogP contribution in [0.4, 0.5) is 10.3 Å². The summed E-state index contributed by atoms with van der Waals surface area (Å²) < 4.78 is 15.0. The normalized spacial score (nSPS) is 15.4. The predicted molar refractivity (Wildman–Crippen MR) is 95.6 cm³/mol. The molecular formula is C17H22FN5OS. The minimum absolute atomic E-state index is 0.100. The summed E-state index contributed by atoms with van der Waals surface area (Å²) >= 11 is 1.33. The first-order chi connectivity index (χ1) is 12.0. The summed E-state index contributed by atoms with van der Waals surface area (Å²) in [6.45, 7) is 4.04. The van der Waals surface area contributed by atoms with E-state index >= 15 is 0 Å². The Morgan fingerprint density at radius 1 is 1.36 bits per heavy atom. The zero-order chi connectivity index (χ0) is 18.0. The number of anilines is 1. The fraction of sp³-hybridized carbons (Fsp3) is 0.471. The first kappa shape index (κ1) is 17.7. The largest absolute Gasteiger partial charge is 0.368 e. The highest BCUT2D eigenvalue weighted by atomic mass is 32.2. The summed E-state index contributed by atoms with van der Waals surface area (Å²) in [7, 11) is 0. The molecular weight excluding hydrogens is 341 g/mol. The maximum absolute atomic E-state index is 13.1. The van der Waals surface area contributed by atoms with E-state index < -0.39 is 0 Å². The van der Waals surface area contributed by atoms with Gasteiger partial charge in [0.15, 0.2) is 5.16 Å². The summed E-state index contributed by atoms with van der Waals surface area (Å²) in [4.78, 5) is 12.4. The summed E-state index contributed by atoms with van der Waals surface area (Å²) in [6, 6.07) is 6.43. The molecule has 0 spiro atoms. The van der Waals surface area contributed by atoms with Gasteiger partial charge in [0.25, 0.3) is 0 Å². The van der Waals surface area contributed by atoms with E-state index in [9.17, 15) is 9.18 Å². The second kappa shape index (κ2) is 7.43. The van der Waals surface area contributed by atoms with Crippen molar-refractivity contribution in [2.45, 2.75) is 43.9 Å². The van der Waals surface area contributed by atoms with E-state index in [4.69, 9.17) is 5.73 Å². The Morgan fingerprint density at radius 2 is 2.04 bits per heavy atom. The molecule has 8 heteroatoms. The van der Waals surface area contributed by atoms with Crippen molar-refractivity contribution in [3.8, 4) is 0 Å². The Balaban J connectivity index is 1.61. The number of hydrogen-bond acceptors (Lipinski definition) is 5. The zero-order valence-electron chi connectivity index (χ0n) is 14.3. The third-order valence-electron chi connectivity index (χ3n) is 4.15. The van der Waals surface area contributed by atoms with E-state index in [-0.39, 0.29) is 29.4 Å². The number of amides is 1. The number of nitrogens with one attached hydrogen (secondary N) is 1. The molecule has 1 amide bonds. The van der Waals surface area contributed by atoms with Gasteiger partial charge < -0.3 is 11.1 Å². The molecule has 3 N–H and O–H groups in total. The number of carbonyl (C=O) groups excluding carboxylic acids is 1. The van der Waals surface area contributed by atoms with Crippen molar-refractivity contribution in [3.05, 3.63) is 35.6 Å². The highest BCUT2D eigenvalue weighted by Crippen LogP contribution is 2.39. The molecule has 2 aromatic rings. The fourth-order valence-electron chi connectivity index (χ4n) is 2.71. The van der Waals surface area contributed by atoms with Gasteiger partial charge in [-0.05, 0) is 36.5 Å². The molecule has 1 heterocycles. The van der Waals surface area contributed by atoms with Crippen LogP contribution in [-0.4, -0.2) is 26.4 Å². The lowest BCUT2D eigenvalue weighted by Crippen LogP contribution is -2.33. The Hall–Kier alpha value is -2.09. The second-order valence-electron chi connectivity index (χ2n) is 6.57. The lowest BCUT2D eigenvalue weighted by molar-refractivity contribution is -0.119. The molecule has 0 aliphatic heterocycles. The SMILES string of the molecule is CC(C)[C@H](NC(=O)CSc1nnc(N)n1C1CC1)c1ccc(F)cc1. The smallest absolute Gasteiger partial charge is 0.230 e. The van der Waals surface area contributed by atoms with Crippen molar-refractivity contribution in [1.82, 2.24) is 20.1 Å². The summed E-state index contributed by atoms with van der Waals surface area (Å²) in [5.41, 5.74) is 6.73. The Morgan fingerprint density at radius 3 is 2.64 bits per heavy atom. The average molecular weight is 363 g/mol. The molecule has 0 radical (unpaired) electrons. The van der Waals surface area contributed by atoms with Crippen molar-refractivity contribution in [3.63, 3.8) is 0 Å². The van der Waals surface area contributed by atoms with E-state index in [0.717, 1.165) is 18.4 Å². The molecule has 6 nitrogen and oxygen atoms in total. The van der Waals surface area contributed by atoms with Crippen LogP contribution in [0.25, 0.3) is 0 Å². The minimum Gasteiger partial charge on any atom is -0.368 e. The molecule has 1 atom stereocenters. The number of nitrogens with two attached hydrogens (primary N) is 1. The maximum Gasteiger partial charge on any atom is 0.230 e. The third kappa shape index (κ3) is 4.31. The molecule has 1 aromatic carbocycles. The standard InChI is InChI=1S/C17H22FN5OS/c1-10(2)15(11-3-5-12(18)6-4-11)20-14(24)9-25-17-22-21-16(19)23(17)13-7-8-13/h3-6,10,13,15H,7-9H2,1-2H3,(H2,19,21)(H,20,24)/t15-/m0/s1. The highest BCUT2D eigenvalue weighted by molar-refractivity contribution is 7.99. The van der Waals surface area contributed by atoms with Gasteiger partial charge in [0, 0.05) is 6.04 Å². The summed E-state index contributed by atoms with van der Waals surface area (Å²) in [5, 5.41) is 11.7. The van der Waals surface area contributed by atoms with Crippen LogP contribution >= 0.6 is 11.8 Å². The molecule has 1 aromatic heterocycles. The van der Waals surface area contributed by atoms with Crippen molar-refractivity contribution >= 4 is 23.6 Å². The number of benzene rings is 1. The first-order valence-electron chi connectivity index (χ1n) is 8.33. The molecule has 3 rings (SSSR count). The van der Waals surface area contributed by atoms with Crippen LogP contribution in [0.5, 0.6) is 0 Å². The fourth-order valence-corrected chi connectivity index (χ4v) is 3.54. The Kier molecular flexibility index (Phi) is 5.27. The van der Waals surface area contributed by atoms with Gasteiger partial charge in [-0.15, -0.1) is 10.2 Å². The molecule has 1 aliphatic rings. The molecule has 1 saturated carbocycles. The lowest BCUT2D eigenvalue weighted by atomic mass is 9.96. The molecule has 0 saturated heterocycles. The summed E-state index contributed by atoms with van der Waals surface area (Å²) in [5.74, 6) is 0.430. The highest BCUT2D eigenvalue weighted by Gasteiger charge is 2.29. The van der Waals surface area contributed by atoms with Crippen molar-refractivity contribution in [2.24, 2.45) is 5.92 Å². The van der Waals surface area contributed by atoms with Crippen LogP contribution in [0.1, 0.15) is 44.3 Å². The molecule has 0 bridgehead atoms. The minimum atomic E-state index is -0.287. The van der Waals surface area contributed by atoms with Crippen LogP contribution in [-0.2, 0) is 4.79 Å². The van der Waals surface area contributed by atoms with Gasteiger partial charge >= 0.3 is 0 Å². The average Bonchev–Trinajstić information content (AvgIpc) is 3.34. The molecule has 25 heavy (non-hydrogen) atoms. The van der Waals surface area contributed by atoms with Crippen LogP contribution < -0.4 is 11.1 Å². The molecule has 134 valence electrons. The number of hydrogen-bond donors (Lipinski definition) is 2. The number of thioether (sulfide) groups is 1. The first-order valence-corrected chi connectivity index (χ1v) is 9.32. The quantitative estimate of drug-likeness (QED) is 0.739. The lowest BCUT2D eigenvalue weighted by Gasteiger charge is -2.23. The van der Waals surface area contributed by atoms with Gasteiger partial charge in [-0.25, -0.2) is 4.39 Å². The van der Waals surface area contributed by atoms with Crippen LogP contribution in [0.2, 0.25) is 0 Å². The molecule has 1 aliphatic carbocycles. The van der Waals surface area contributed by atoms with Gasteiger partial charge in [-0.2, -0.15) is 0 Å². The van der Waals surface area contributed by atoms with Gasteiger partial charge in [0.1, 0.15) is 5.82 Å².